The van der Waals surface area contributed by atoms with Crippen molar-refractivity contribution in [1.29, 1.82) is 0 Å². The summed E-state index contributed by atoms with van der Waals surface area (Å²) in [6.45, 7) is 0.732. The lowest BCUT2D eigenvalue weighted by molar-refractivity contribution is 0.250. The molecule has 16 heavy (non-hydrogen) atoms. The third kappa shape index (κ3) is 2.88. The van der Waals surface area contributed by atoms with Crippen molar-refractivity contribution in [2.75, 3.05) is 6.61 Å². The number of hydrogen-bond acceptors (Lipinski definition) is 1. The molecule has 0 heterocycles. The van der Waals surface area contributed by atoms with Crippen LogP contribution < -0.4 is 4.74 Å². The van der Waals surface area contributed by atoms with Crippen LogP contribution in [0.2, 0.25) is 0 Å². The molecule has 1 nitrogen and oxygen atoms in total. The van der Waals surface area contributed by atoms with Crippen molar-refractivity contribution >= 4 is 11.6 Å². The summed E-state index contributed by atoms with van der Waals surface area (Å²) in [5.74, 6) is 1.41. The van der Waals surface area contributed by atoms with E-state index in [2.05, 4.69) is 0 Å². The summed E-state index contributed by atoms with van der Waals surface area (Å²) in [5, 5.41) is 0. The smallest absolute Gasteiger partial charge is 0.123 e. The highest BCUT2D eigenvalue weighted by molar-refractivity contribution is 6.17. The topological polar surface area (TPSA) is 9.23 Å². The molecule has 2 rings (SSSR count). The fourth-order valence-electron chi connectivity index (χ4n) is 2.18. The molecule has 0 aromatic heterocycles. The van der Waals surface area contributed by atoms with Gasteiger partial charge >= 0.3 is 0 Å². The van der Waals surface area contributed by atoms with Crippen molar-refractivity contribution in [1.82, 2.24) is 0 Å². The normalized spacial score (nSPS) is 16.6. The van der Waals surface area contributed by atoms with Crippen LogP contribution in [-0.2, 0) is 5.88 Å². The zero-order valence-corrected chi connectivity index (χ0v) is 9.97. The van der Waals surface area contributed by atoms with Crippen molar-refractivity contribution in [3.8, 4) is 5.75 Å². The quantitative estimate of drug-likeness (QED) is 0.722. The molecule has 1 fully saturated rings. The van der Waals surface area contributed by atoms with Crippen LogP contribution in [0.4, 0.5) is 4.39 Å². The average molecular weight is 243 g/mol. The van der Waals surface area contributed by atoms with E-state index in [1.54, 1.807) is 6.07 Å². The maximum atomic E-state index is 13.0. The first-order valence-corrected chi connectivity index (χ1v) is 6.30. The highest BCUT2D eigenvalue weighted by Gasteiger charge is 2.16. The van der Waals surface area contributed by atoms with E-state index < -0.39 is 0 Å². The molecule has 1 aliphatic rings. The van der Waals surface area contributed by atoms with E-state index in [1.165, 1.54) is 37.8 Å². The fourth-order valence-corrected chi connectivity index (χ4v) is 2.39. The number of halogens is 2. The number of benzene rings is 1. The Bertz CT molecular complexity index is 348. The molecule has 0 bridgehead atoms. The van der Waals surface area contributed by atoms with Gasteiger partial charge in [0.1, 0.15) is 11.6 Å². The predicted molar refractivity (Wildman–Crippen MR) is 63.4 cm³/mol. The Morgan fingerprint density at radius 2 is 2.06 bits per heavy atom. The largest absolute Gasteiger partial charge is 0.493 e. The first-order valence-electron chi connectivity index (χ1n) is 5.77. The van der Waals surface area contributed by atoms with E-state index in [9.17, 15) is 4.39 Å². The molecule has 0 spiro atoms. The van der Waals surface area contributed by atoms with E-state index >= 15 is 0 Å². The van der Waals surface area contributed by atoms with Crippen LogP contribution in [0.15, 0.2) is 18.2 Å². The first kappa shape index (κ1) is 11.7. The molecule has 0 unspecified atom stereocenters. The molecular formula is C13H16ClFO. The lowest BCUT2D eigenvalue weighted by atomic mass is 10.1. The molecule has 0 N–H and O–H groups in total. The summed E-state index contributed by atoms with van der Waals surface area (Å²) in [4.78, 5) is 0. The van der Waals surface area contributed by atoms with Crippen LogP contribution in [0.3, 0.4) is 0 Å². The van der Waals surface area contributed by atoms with Crippen molar-refractivity contribution in [3.05, 3.63) is 29.6 Å². The summed E-state index contributed by atoms with van der Waals surface area (Å²) in [6.07, 6.45) is 5.11. The van der Waals surface area contributed by atoms with E-state index in [-0.39, 0.29) is 11.7 Å². The van der Waals surface area contributed by atoms with Gasteiger partial charge in [-0.3, -0.25) is 0 Å². The van der Waals surface area contributed by atoms with Crippen LogP contribution in [0.25, 0.3) is 0 Å². The number of hydrogen-bond donors (Lipinski definition) is 0. The summed E-state index contributed by atoms with van der Waals surface area (Å²) in [7, 11) is 0. The fraction of sp³-hybridized carbons (Fsp3) is 0.538. The minimum Gasteiger partial charge on any atom is -0.493 e. The second-order valence-electron chi connectivity index (χ2n) is 4.35. The molecule has 0 amide bonds. The zero-order chi connectivity index (χ0) is 11.4. The molecule has 1 saturated carbocycles. The summed E-state index contributed by atoms with van der Waals surface area (Å²) in [6, 6.07) is 4.53. The number of alkyl halides is 1. The number of ether oxygens (including phenoxy) is 1. The zero-order valence-electron chi connectivity index (χ0n) is 9.22. The number of rotatable bonds is 4. The van der Waals surface area contributed by atoms with E-state index in [4.69, 9.17) is 16.3 Å². The molecule has 0 aliphatic heterocycles. The summed E-state index contributed by atoms with van der Waals surface area (Å²) < 4.78 is 18.7. The Labute approximate surface area is 101 Å². The summed E-state index contributed by atoms with van der Waals surface area (Å²) >= 11 is 5.75. The van der Waals surface area contributed by atoms with Gasteiger partial charge in [-0.1, -0.05) is 12.8 Å². The van der Waals surface area contributed by atoms with Gasteiger partial charge in [0.05, 0.1) is 12.5 Å². The van der Waals surface area contributed by atoms with Crippen LogP contribution >= 0.6 is 11.6 Å². The monoisotopic (exact) mass is 242 g/mol. The second kappa shape index (κ2) is 5.53. The van der Waals surface area contributed by atoms with Gasteiger partial charge in [-0.15, -0.1) is 11.6 Å². The Hall–Kier alpha value is -0.760. The lowest BCUT2D eigenvalue weighted by Crippen LogP contribution is -2.09. The first-order chi connectivity index (χ1) is 7.79. The molecule has 3 heteroatoms. The standard InChI is InChI=1S/C13H16ClFO/c14-8-11-7-12(15)5-6-13(11)16-9-10-3-1-2-4-10/h5-7,10H,1-4,8-9H2. The minimum atomic E-state index is -0.260. The van der Waals surface area contributed by atoms with Crippen LogP contribution in [0.1, 0.15) is 31.2 Å². The Morgan fingerprint density at radius 3 is 2.75 bits per heavy atom. The minimum absolute atomic E-state index is 0.260. The molecular weight excluding hydrogens is 227 g/mol. The third-order valence-electron chi connectivity index (χ3n) is 3.12. The van der Waals surface area contributed by atoms with Crippen LogP contribution in [0.5, 0.6) is 5.75 Å². The van der Waals surface area contributed by atoms with Gasteiger partial charge in [-0.25, -0.2) is 4.39 Å². The highest BCUT2D eigenvalue weighted by Crippen LogP contribution is 2.27. The van der Waals surface area contributed by atoms with E-state index in [1.807, 2.05) is 0 Å². The maximum absolute atomic E-state index is 13.0. The van der Waals surface area contributed by atoms with Crippen molar-refractivity contribution in [2.24, 2.45) is 5.92 Å². The van der Waals surface area contributed by atoms with Gasteiger partial charge in [0, 0.05) is 5.56 Å². The van der Waals surface area contributed by atoms with Crippen LogP contribution in [-0.4, -0.2) is 6.61 Å². The SMILES string of the molecule is Fc1ccc(OCC2CCCC2)c(CCl)c1. The highest BCUT2D eigenvalue weighted by atomic mass is 35.5. The van der Waals surface area contributed by atoms with Crippen molar-refractivity contribution < 1.29 is 9.13 Å². The van der Waals surface area contributed by atoms with Gasteiger partial charge in [-0.05, 0) is 37.0 Å². The predicted octanol–water partition coefficient (Wildman–Crippen LogP) is 4.13. The summed E-state index contributed by atoms with van der Waals surface area (Å²) in [5.41, 5.74) is 0.736. The molecule has 0 atom stereocenters. The molecule has 1 aromatic carbocycles. The van der Waals surface area contributed by atoms with Gasteiger partial charge in [0.15, 0.2) is 0 Å². The molecule has 0 saturated heterocycles. The van der Waals surface area contributed by atoms with E-state index in [0.29, 0.717) is 5.92 Å². The second-order valence-corrected chi connectivity index (χ2v) is 4.61. The molecule has 88 valence electrons. The maximum Gasteiger partial charge on any atom is 0.123 e. The molecule has 1 aromatic rings. The van der Waals surface area contributed by atoms with E-state index in [0.717, 1.165) is 17.9 Å². The lowest BCUT2D eigenvalue weighted by Gasteiger charge is -2.13. The van der Waals surface area contributed by atoms with Gasteiger partial charge in [0.25, 0.3) is 0 Å². The van der Waals surface area contributed by atoms with Gasteiger partial charge in [0.2, 0.25) is 0 Å². The van der Waals surface area contributed by atoms with Crippen molar-refractivity contribution in [3.63, 3.8) is 0 Å². The van der Waals surface area contributed by atoms with Gasteiger partial charge < -0.3 is 4.74 Å². The molecule has 0 radical (unpaired) electrons. The van der Waals surface area contributed by atoms with Gasteiger partial charge in [-0.2, -0.15) is 0 Å². The van der Waals surface area contributed by atoms with Crippen LogP contribution in [0, 0.1) is 11.7 Å². The Kier molecular flexibility index (Phi) is 4.05. The van der Waals surface area contributed by atoms with Crippen molar-refractivity contribution in [2.45, 2.75) is 31.6 Å². The average Bonchev–Trinajstić information content (AvgIpc) is 2.80. The Morgan fingerprint density at radius 1 is 1.31 bits per heavy atom. The Balaban J connectivity index is 1.97. The third-order valence-corrected chi connectivity index (χ3v) is 3.40. The molecule has 1 aliphatic carbocycles.